The fourth-order valence-corrected chi connectivity index (χ4v) is 2.42. The first-order valence-electron chi connectivity index (χ1n) is 7.67. The van der Waals surface area contributed by atoms with Crippen LogP contribution in [0.25, 0.3) is 0 Å². The largest absolute Gasteiger partial charge is 0.349 e. The van der Waals surface area contributed by atoms with E-state index in [0.29, 0.717) is 28.9 Å². The van der Waals surface area contributed by atoms with Gasteiger partial charge in [-0.1, -0.05) is 41.9 Å². The van der Waals surface area contributed by atoms with Gasteiger partial charge in [0.2, 0.25) is 5.95 Å². The standard InChI is InChI=1S/C18H16ClN5O/c1-12(25)13-6-4-7-15(9-13)22-17-11-21-24-18(23-17)20-10-14-5-2-3-8-16(14)19/h2-9,11H,10H2,1H3,(H2,20,22,23,24). The second-order valence-corrected chi connectivity index (χ2v) is 5.78. The maximum atomic E-state index is 11.5. The van der Waals surface area contributed by atoms with Crippen LogP contribution < -0.4 is 10.6 Å². The predicted molar refractivity (Wildman–Crippen MR) is 98.3 cm³/mol. The molecule has 0 aliphatic carbocycles. The number of benzene rings is 2. The van der Waals surface area contributed by atoms with Gasteiger partial charge in [0.1, 0.15) is 0 Å². The number of carbonyl (C=O) groups is 1. The molecule has 3 aromatic rings. The van der Waals surface area contributed by atoms with Crippen LogP contribution in [0.3, 0.4) is 0 Å². The van der Waals surface area contributed by atoms with Gasteiger partial charge >= 0.3 is 0 Å². The van der Waals surface area contributed by atoms with Crippen LogP contribution in [0.5, 0.6) is 0 Å². The molecule has 3 rings (SSSR count). The second-order valence-electron chi connectivity index (χ2n) is 5.37. The third-order valence-electron chi connectivity index (χ3n) is 3.50. The summed E-state index contributed by atoms with van der Waals surface area (Å²) < 4.78 is 0. The number of aromatic nitrogens is 3. The van der Waals surface area contributed by atoms with E-state index >= 15 is 0 Å². The summed E-state index contributed by atoms with van der Waals surface area (Å²) in [6, 6.07) is 14.8. The van der Waals surface area contributed by atoms with Gasteiger partial charge in [-0.15, -0.1) is 5.10 Å². The Bertz CT molecular complexity index is 900. The minimum absolute atomic E-state index is 0.00607. The molecule has 0 saturated heterocycles. The summed E-state index contributed by atoms with van der Waals surface area (Å²) in [7, 11) is 0. The molecule has 25 heavy (non-hydrogen) atoms. The van der Waals surface area contributed by atoms with Crippen molar-refractivity contribution in [2.24, 2.45) is 0 Å². The molecular weight excluding hydrogens is 338 g/mol. The maximum absolute atomic E-state index is 11.5. The molecule has 1 aromatic heterocycles. The normalized spacial score (nSPS) is 10.3. The Morgan fingerprint density at radius 1 is 1.16 bits per heavy atom. The first-order chi connectivity index (χ1) is 12.1. The Kier molecular flexibility index (Phi) is 5.20. The van der Waals surface area contributed by atoms with E-state index in [0.717, 1.165) is 11.3 Å². The van der Waals surface area contributed by atoms with Crippen molar-refractivity contribution in [1.29, 1.82) is 0 Å². The molecule has 2 N–H and O–H groups in total. The summed E-state index contributed by atoms with van der Waals surface area (Å²) >= 11 is 6.13. The van der Waals surface area contributed by atoms with Gasteiger partial charge in [0, 0.05) is 22.8 Å². The molecule has 0 saturated carbocycles. The van der Waals surface area contributed by atoms with Gasteiger partial charge in [0.05, 0.1) is 6.20 Å². The molecule has 6 nitrogen and oxygen atoms in total. The topological polar surface area (TPSA) is 79.8 Å². The molecule has 0 aliphatic heterocycles. The van der Waals surface area contributed by atoms with E-state index in [1.807, 2.05) is 36.4 Å². The van der Waals surface area contributed by atoms with E-state index in [-0.39, 0.29) is 5.78 Å². The Morgan fingerprint density at radius 2 is 2.00 bits per heavy atom. The highest BCUT2D eigenvalue weighted by Gasteiger charge is 2.05. The van der Waals surface area contributed by atoms with Crippen molar-refractivity contribution in [2.45, 2.75) is 13.5 Å². The zero-order valence-electron chi connectivity index (χ0n) is 13.5. The van der Waals surface area contributed by atoms with Crippen molar-refractivity contribution in [3.05, 3.63) is 70.9 Å². The lowest BCUT2D eigenvalue weighted by Gasteiger charge is -2.09. The van der Waals surface area contributed by atoms with E-state index in [1.54, 1.807) is 12.1 Å². The van der Waals surface area contributed by atoms with Crippen molar-refractivity contribution in [2.75, 3.05) is 10.6 Å². The van der Waals surface area contributed by atoms with Gasteiger partial charge in [-0.3, -0.25) is 4.79 Å². The summed E-state index contributed by atoms with van der Waals surface area (Å²) in [5.41, 5.74) is 2.33. The van der Waals surface area contributed by atoms with Gasteiger partial charge in [-0.2, -0.15) is 10.1 Å². The Balaban J connectivity index is 1.70. The number of Topliss-reactive ketones (excluding diaryl/α,β-unsaturated/α-hetero) is 1. The molecule has 2 aromatic carbocycles. The van der Waals surface area contributed by atoms with E-state index in [1.165, 1.54) is 13.1 Å². The number of hydrogen-bond donors (Lipinski definition) is 2. The van der Waals surface area contributed by atoms with E-state index in [2.05, 4.69) is 25.8 Å². The smallest absolute Gasteiger partial charge is 0.244 e. The summed E-state index contributed by atoms with van der Waals surface area (Å²) in [5, 5.41) is 14.8. The van der Waals surface area contributed by atoms with Crippen LogP contribution in [-0.2, 0) is 6.54 Å². The van der Waals surface area contributed by atoms with Crippen LogP contribution in [0.2, 0.25) is 5.02 Å². The average molecular weight is 354 g/mol. The van der Waals surface area contributed by atoms with Crippen molar-refractivity contribution < 1.29 is 4.79 Å². The van der Waals surface area contributed by atoms with Crippen LogP contribution in [0.4, 0.5) is 17.5 Å². The summed E-state index contributed by atoms with van der Waals surface area (Å²) in [4.78, 5) is 15.8. The minimum atomic E-state index is 0.00607. The van der Waals surface area contributed by atoms with Crippen molar-refractivity contribution in [1.82, 2.24) is 15.2 Å². The Labute approximate surface area is 150 Å². The van der Waals surface area contributed by atoms with Gasteiger partial charge < -0.3 is 10.6 Å². The van der Waals surface area contributed by atoms with Crippen molar-refractivity contribution >= 4 is 34.8 Å². The molecular formula is C18H16ClN5O. The lowest BCUT2D eigenvalue weighted by molar-refractivity contribution is 0.101. The molecule has 0 amide bonds. The number of halogens is 1. The Hall–Kier alpha value is -2.99. The highest BCUT2D eigenvalue weighted by atomic mass is 35.5. The van der Waals surface area contributed by atoms with Gasteiger partial charge in [0.25, 0.3) is 0 Å². The lowest BCUT2D eigenvalue weighted by Crippen LogP contribution is -2.06. The van der Waals surface area contributed by atoms with E-state index in [9.17, 15) is 4.79 Å². The highest BCUT2D eigenvalue weighted by Crippen LogP contribution is 2.18. The zero-order valence-corrected chi connectivity index (χ0v) is 14.3. The third kappa shape index (κ3) is 4.51. The number of nitrogens with one attached hydrogen (secondary N) is 2. The minimum Gasteiger partial charge on any atom is -0.349 e. The molecule has 0 radical (unpaired) electrons. The summed E-state index contributed by atoms with van der Waals surface area (Å²) in [6.07, 6.45) is 1.51. The van der Waals surface area contributed by atoms with Crippen molar-refractivity contribution in [3.8, 4) is 0 Å². The molecule has 0 aliphatic rings. The zero-order chi connectivity index (χ0) is 17.6. The number of rotatable bonds is 6. The Morgan fingerprint density at radius 3 is 2.80 bits per heavy atom. The molecule has 0 bridgehead atoms. The summed E-state index contributed by atoms with van der Waals surface area (Å²) in [5.74, 6) is 0.913. The molecule has 0 unspecified atom stereocenters. The van der Waals surface area contributed by atoms with Crippen LogP contribution in [0.15, 0.2) is 54.7 Å². The number of ketones is 1. The fourth-order valence-electron chi connectivity index (χ4n) is 2.22. The molecule has 0 atom stereocenters. The first-order valence-corrected chi connectivity index (χ1v) is 8.04. The maximum Gasteiger partial charge on any atom is 0.244 e. The highest BCUT2D eigenvalue weighted by molar-refractivity contribution is 6.31. The fraction of sp³-hybridized carbons (Fsp3) is 0.111. The van der Waals surface area contributed by atoms with Crippen molar-refractivity contribution in [3.63, 3.8) is 0 Å². The molecule has 0 spiro atoms. The predicted octanol–water partition coefficient (Wildman–Crippen LogP) is 4.08. The molecule has 1 heterocycles. The first kappa shape index (κ1) is 16.9. The third-order valence-corrected chi connectivity index (χ3v) is 3.86. The molecule has 7 heteroatoms. The SMILES string of the molecule is CC(=O)c1cccc(Nc2cnnc(NCc3ccccc3Cl)n2)c1. The lowest BCUT2D eigenvalue weighted by atomic mass is 10.1. The van der Waals surface area contributed by atoms with Gasteiger partial charge in [0.15, 0.2) is 11.6 Å². The molecule has 0 fully saturated rings. The van der Waals surface area contributed by atoms with Crippen LogP contribution in [0, 0.1) is 0 Å². The number of hydrogen-bond acceptors (Lipinski definition) is 6. The van der Waals surface area contributed by atoms with Crippen LogP contribution in [0.1, 0.15) is 22.8 Å². The van der Waals surface area contributed by atoms with Crippen LogP contribution in [-0.4, -0.2) is 21.0 Å². The second kappa shape index (κ2) is 7.72. The quantitative estimate of drug-likeness (QED) is 0.650. The monoisotopic (exact) mass is 353 g/mol. The van der Waals surface area contributed by atoms with Gasteiger partial charge in [-0.05, 0) is 30.7 Å². The van der Waals surface area contributed by atoms with E-state index in [4.69, 9.17) is 11.6 Å². The molecule has 126 valence electrons. The summed E-state index contributed by atoms with van der Waals surface area (Å²) in [6.45, 7) is 2.02. The average Bonchev–Trinajstić information content (AvgIpc) is 2.61. The number of carbonyl (C=O) groups excluding carboxylic acids is 1. The number of nitrogens with zero attached hydrogens (tertiary/aromatic N) is 3. The van der Waals surface area contributed by atoms with Crippen LogP contribution >= 0.6 is 11.6 Å². The van der Waals surface area contributed by atoms with E-state index < -0.39 is 0 Å². The van der Waals surface area contributed by atoms with Gasteiger partial charge in [-0.25, -0.2) is 0 Å². The number of anilines is 3.